The van der Waals surface area contributed by atoms with Crippen molar-refractivity contribution in [1.82, 2.24) is 4.98 Å². The van der Waals surface area contributed by atoms with Gasteiger partial charge in [0.25, 0.3) is 0 Å². The molecule has 0 bridgehead atoms. The molecule has 50 heavy (non-hydrogen) atoms. The Labute approximate surface area is 297 Å². The predicted molar refractivity (Wildman–Crippen MR) is 210 cm³/mol. The summed E-state index contributed by atoms with van der Waals surface area (Å²) in [5.41, 5.74) is 11.8. The van der Waals surface area contributed by atoms with E-state index < -0.39 is 39.4 Å². The number of nitrogens with zero attached hydrogens (tertiary/aromatic N) is 1. The van der Waals surface area contributed by atoms with Gasteiger partial charge in [0, 0.05) is 38.9 Å². The highest BCUT2D eigenvalue weighted by molar-refractivity contribution is 6.91. The van der Waals surface area contributed by atoms with Crippen LogP contribution in [0.15, 0.2) is 42.6 Å². The van der Waals surface area contributed by atoms with Crippen LogP contribution >= 0.6 is 0 Å². The fourth-order valence-electron chi connectivity index (χ4n) is 9.11. The van der Waals surface area contributed by atoms with Crippen LogP contribution in [0, 0.1) is 46.2 Å². The monoisotopic (exact) mass is 711 g/mol. The summed E-state index contributed by atoms with van der Waals surface area (Å²) in [5.74, 6) is 0.749. The lowest BCUT2D eigenvalue weighted by molar-refractivity contribution is 0.418. The molecule has 5 rings (SSSR count). The second-order valence-corrected chi connectivity index (χ2v) is 27.0. The van der Waals surface area contributed by atoms with Crippen molar-refractivity contribution in [2.45, 2.75) is 116 Å². The van der Waals surface area contributed by atoms with Crippen LogP contribution in [-0.2, 0) is 0 Å². The van der Waals surface area contributed by atoms with E-state index in [9.17, 15) is 8.78 Å². The standard InChI is InChI=1S/C43H49F4NSi2/c1-24(2)49(25(3)4,26(5)6)18-15-31-33-20-30-14-13-17-48-39(30)23-36(33)32(16-19-50(27(7)8,28(9)10)29(11)12)35-22-38-37(21-34(31)35)40(44)42(46)43(47)41(38)45/h13-14,17,20-29H,1-12H3. The molecule has 4 aromatic carbocycles. The van der Waals surface area contributed by atoms with Crippen molar-refractivity contribution >= 4 is 59.4 Å². The van der Waals surface area contributed by atoms with E-state index in [1.807, 2.05) is 18.2 Å². The molecule has 1 nitrogen and oxygen atoms in total. The van der Waals surface area contributed by atoms with Gasteiger partial charge in [0.1, 0.15) is 16.1 Å². The highest BCUT2D eigenvalue weighted by atomic mass is 28.3. The Hall–Kier alpha value is -3.66. The summed E-state index contributed by atoms with van der Waals surface area (Å²) in [4.78, 5) is 4.66. The van der Waals surface area contributed by atoms with Crippen molar-refractivity contribution < 1.29 is 17.6 Å². The molecular weight excluding hydrogens is 663 g/mol. The van der Waals surface area contributed by atoms with Crippen molar-refractivity contribution in [3.63, 3.8) is 0 Å². The predicted octanol–water partition coefficient (Wildman–Crippen LogP) is 13.4. The molecule has 0 saturated carbocycles. The van der Waals surface area contributed by atoms with Gasteiger partial charge in [-0.1, -0.05) is 101 Å². The number of hydrogen-bond donors (Lipinski definition) is 0. The lowest BCUT2D eigenvalue weighted by Crippen LogP contribution is -2.43. The molecular formula is C43H49F4NSi2. The SMILES string of the molecule is CC(C)[Si](C#Cc1c2cc3cccnc3cc2c(C#C[Si](C(C)C)(C(C)C)C(C)C)c2cc3c(F)c(F)c(F)c(F)c3cc12)(C(C)C)C(C)C. The van der Waals surface area contributed by atoms with Crippen molar-refractivity contribution in [3.8, 4) is 22.9 Å². The first-order valence-electron chi connectivity index (χ1n) is 17.9. The Morgan fingerprint density at radius 3 is 1.22 bits per heavy atom. The molecule has 7 heteroatoms. The summed E-state index contributed by atoms with van der Waals surface area (Å²) in [5, 5.41) is 2.95. The fraction of sp³-hybridized carbons (Fsp3) is 0.419. The van der Waals surface area contributed by atoms with Crippen LogP contribution < -0.4 is 0 Å². The van der Waals surface area contributed by atoms with Gasteiger partial charge in [-0.05, 0) is 79.7 Å². The van der Waals surface area contributed by atoms with E-state index in [0.29, 0.717) is 55.1 Å². The van der Waals surface area contributed by atoms with Crippen molar-refractivity contribution in [2.75, 3.05) is 0 Å². The van der Waals surface area contributed by atoms with Crippen LogP contribution in [0.1, 0.15) is 94.2 Å². The average molecular weight is 712 g/mol. The summed E-state index contributed by atoms with van der Waals surface area (Å²) < 4.78 is 60.6. The molecule has 0 aliphatic rings. The average Bonchev–Trinajstić information content (AvgIpc) is 3.05. The first-order chi connectivity index (χ1) is 23.4. The maximum Gasteiger partial charge on any atom is 0.198 e. The van der Waals surface area contributed by atoms with E-state index in [-0.39, 0.29) is 10.8 Å². The Morgan fingerprint density at radius 2 is 0.840 bits per heavy atom. The second kappa shape index (κ2) is 13.8. The molecule has 0 fully saturated rings. The molecule has 5 aromatic rings. The Kier molecular flexibility index (Phi) is 10.4. The highest BCUT2D eigenvalue weighted by Gasteiger charge is 2.43. The lowest BCUT2D eigenvalue weighted by Gasteiger charge is -2.38. The molecule has 1 aromatic heterocycles. The Bertz CT molecular complexity index is 2060. The van der Waals surface area contributed by atoms with Gasteiger partial charge >= 0.3 is 0 Å². The summed E-state index contributed by atoms with van der Waals surface area (Å²) in [6.45, 7) is 26.9. The number of rotatable bonds is 6. The number of fused-ring (bicyclic) bond motifs is 4. The third-order valence-electron chi connectivity index (χ3n) is 11.6. The van der Waals surface area contributed by atoms with E-state index >= 15 is 8.78 Å². The minimum absolute atomic E-state index is 0.326. The first-order valence-corrected chi connectivity index (χ1v) is 22.4. The summed E-state index contributed by atoms with van der Waals surface area (Å²) >= 11 is 0. The topological polar surface area (TPSA) is 12.9 Å². The van der Waals surface area contributed by atoms with Crippen molar-refractivity contribution in [2.24, 2.45) is 0 Å². The zero-order chi connectivity index (χ0) is 37.0. The van der Waals surface area contributed by atoms with Gasteiger partial charge in [-0.15, -0.1) is 11.1 Å². The molecule has 0 atom stereocenters. The molecule has 0 unspecified atom stereocenters. The zero-order valence-electron chi connectivity index (χ0n) is 31.5. The van der Waals surface area contributed by atoms with Crippen LogP contribution in [0.25, 0.3) is 43.2 Å². The number of aromatic nitrogens is 1. The summed E-state index contributed by atoms with van der Waals surface area (Å²) in [6, 6.07) is 10.8. The number of benzene rings is 4. The molecule has 262 valence electrons. The number of halogens is 4. The van der Waals surface area contributed by atoms with Crippen LogP contribution in [-0.4, -0.2) is 21.1 Å². The summed E-state index contributed by atoms with van der Waals surface area (Å²) in [7, 11) is -4.52. The molecule has 0 N–H and O–H groups in total. The molecule has 0 saturated heterocycles. The molecule has 0 aliphatic heterocycles. The zero-order valence-corrected chi connectivity index (χ0v) is 33.5. The summed E-state index contributed by atoms with van der Waals surface area (Å²) in [6.07, 6.45) is 1.74. The number of pyridine rings is 1. The van der Waals surface area contributed by atoms with Gasteiger partial charge in [0.2, 0.25) is 0 Å². The van der Waals surface area contributed by atoms with Crippen molar-refractivity contribution in [1.29, 1.82) is 0 Å². The first kappa shape index (κ1) is 37.6. The van der Waals surface area contributed by atoms with Crippen LogP contribution in [0.3, 0.4) is 0 Å². The van der Waals surface area contributed by atoms with Gasteiger partial charge in [0.05, 0.1) is 5.52 Å². The Morgan fingerprint density at radius 1 is 0.480 bits per heavy atom. The van der Waals surface area contributed by atoms with E-state index in [1.165, 1.54) is 12.1 Å². The van der Waals surface area contributed by atoms with Crippen LogP contribution in [0.5, 0.6) is 0 Å². The van der Waals surface area contributed by atoms with E-state index in [4.69, 9.17) is 0 Å². The van der Waals surface area contributed by atoms with Gasteiger partial charge in [-0.25, -0.2) is 17.6 Å². The van der Waals surface area contributed by atoms with E-state index in [1.54, 1.807) is 6.20 Å². The lowest BCUT2D eigenvalue weighted by atomic mass is 9.89. The molecule has 0 amide bonds. The maximum atomic E-state index is 15.5. The normalized spacial score (nSPS) is 12.8. The van der Waals surface area contributed by atoms with Crippen molar-refractivity contribution in [3.05, 3.63) is 77.0 Å². The van der Waals surface area contributed by atoms with E-state index in [0.717, 1.165) is 21.7 Å². The van der Waals surface area contributed by atoms with Crippen LogP contribution in [0.2, 0.25) is 33.2 Å². The molecule has 1 heterocycles. The van der Waals surface area contributed by atoms with Crippen LogP contribution in [0.4, 0.5) is 17.6 Å². The van der Waals surface area contributed by atoms with E-state index in [2.05, 4.69) is 117 Å². The maximum absolute atomic E-state index is 15.5. The second-order valence-electron chi connectivity index (χ2n) is 15.8. The molecule has 0 spiro atoms. The number of hydrogen-bond acceptors (Lipinski definition) is 1. The van der Waals surface area contributed by atoms with Gasteiger partial charge in [-0.2, -0.15) is 0 Å². The molecule has 0 radical (unpaired) electrons. The highest BCUT2D eigenvalue weighted by Crippen LogP contribution is 2.44. The third-order valence-corrected chi connectivity index (χ3v) is 24.1. The largest absolute Gasteiger partial charge is 0.256 e. The van der Waals surface area contributed by atoms with Gasteiger partial charge in [0.15, 0.2) is 23.3 Å². The third kappa shape index (κ3) is 5.85. The fourth-order valence-corrected chi connectivity index (χ4v) is 19.5. The van der Waals surface area contributed by atoms with Gasteiger partial charge in [-0.3, -0.25) is 4.98 Å². The minimum Gasteiger partial charge on any atom is -0.256 e. The minimum atomic E-state index is -2.26. The quantitative estimate of drug-likeness (QED) is 0.0427. The Balaban J connectivity index is 2.11. The molecule has 0 aliphatic carbocycles. The van der Waals surface area contributed by atoms with Gasteiger partial charge < -0.3 is 0 Å². The smallest absolute Gasteiger partial charge is 0.198 e.